The summed E-state index contributed by atoms with van der Waals surface area (Å²) in [6.07, 6.45) is 0. The molecule has 2 amide bonds. The molecule has 6 heteroatoms. The first-order valence-corrected chi connectivity index (χ1v) is 11.3. The Bertz CT molecular complexity index is 1210. The van der Waals surface area contributed by atoms with Gasteiger partial charge in [0.05, 0.1) is 23.6 Å². The Morgan fingerprint density at radius 2 is 1.58 bits per heavy atom. The minimum absolute atomic E-state index is 0.197. The molecule has 4 rings (SSSR count). The number of anilines is 2. The predicted octanol–water partition coefficient (Wildman–Crippen LogP) is 6.26. The first kappa shape index (κ1) is 22.6. The highest BCUT2D eigenvalue weighted by Crippen LogP contribution is 2.36. The number of halogens is 1. The number of para-hydroxylation sites is 2. The van der Waals surface area contributed by atoms with E-state index in [0.717, 1.165) is 5.56 Å². The molecule has 0 fully saturated rings. The largest absolute Gasteiger partial charge is 0.492 e. The average Bonchev–Trinajstić information content (AvgIpc) is 3.05. The fourth-order valence-corrected chi connectivity index (χ4v) is 3.88. The fourth-order valence-electron chi connectivity index (χ4n) is 3.76. The topological polar surface area (TPSA) is 58.6 Å². The first-order chi connectivity index (χ1) is 15.9. The molecule has 1 N–H and O–H groups in total. The van der Waals surface area contributed by atoms with E-state index < -0.39 is 11.8 Å². The lowest BCUT2D eigenvalue weighted by Crippen LogP contribution is -2.32. The summed E-state index contributed by atoms with van der Waals surface area (Å²) in [5.41, 5.74) is 3.36. The Morgan fingerprint density at radius 1 is 0.909 bits per heavy atom. The van der Waals surface area contributed by atoms with Crippen LogP contribution in [0.15, 0.2) is 78.5 Å². The summed E-state index contributed by atoms with van der Waals surface area (Å²) in [5, 5.41) is 3.73. The van der Waals surface area contributed by atoms with E-state index in [1.54, 1.807) is 24.3 Å². The van der Waals surface area contributed by atoms with Gasteiger partial charge in [0.25, 0.3) is 11.8 Å². The summed E-state index contributed by atoms with van der Waals surface area (Å²) in [4.78, 5) is 28.4. The van der Waals surface area contributed by atoms with Crippen molar-refractivity contribution in [3.8, 4) is 5.75 Å². The van der Waals surface area contributed by atoms with Gasteiger partial charge in [0, 0.05) is 5.02 Å². The van der Waals surface area contributed by atoms with Gasteiger partial charge < -0.3 is 10.1 Å². The summed E-state index contributed by atoms with van der Waals surface area (Å²) in [6.45, 7) is 6.56. The molecule has 0 saturated carbocycles. The zero-order valence-corrected chi connectivity index (χ0v) is 19.5. The lowest BCUT2D eigenvalue weighted by atomic mass is 10.0. The first-order valence-electron chi connectivity index (χ1n) is 10.9. The summed E-state index contributed by atoms with van der Waals surface area (Å²) in [5.74, 6) is 0.131. The number of benzene rings is 3. The molecule has 1 heterocycles. The molecule has 0 unspecified atom stereocenters. The Morgan fingerprint density at radius 3 is 2.21 bits per heavy atom. The zero-order valence-electron chi connectivity index (χ0n) is 18.8. The molecule has 168 valence electrons. The number of imide groups is 1. The van der Waals surface area contributed by atoms with Gasteiger partial charge in [-0.25, -0.2) is 4.90 Å². The van der Waals surface area contributed by atoms with Crippen LogP contribution in [0.4, 0.5) is 11.4 Å². The quantitative estimate of drug-likeness (QED) is 0.423. The smallest absolute Gasteiger partial charge is 0.282 e. The van der Waals surface area contributed by atoms with Crippen LogP contribution in [-0.4, -0.2) is 18.4 Å². The van der Waals surface area contributed by atoms with Crippen LogP contribution in [0.3, 0.4) is 0 Å². The average molecular weight is 461 g/mol. The number of nitrogens with zero attached hydrogens (tertiary/aromatic N) is 1. The van der Waals surface area contributed by atoms with Gasteiger partial charge in [-0.05, 0) is 60.4 Å². The highest BCUT2D eigenvalue weighted by molar-refractivity contribution is 6.46. The molecular weight excluding hydrogens is 436 g/mol. The van der Waals surface area contributed by atoms with Gasteiger partial charge in [-0.2, -0.15) is 0 Å². The van der Waals surface area contributed by atoms with Gasteiger partial charge in [0.15, 0.2) is 0 Å². The Kier molecular flexibility index (Phi) is 6.52. The monoisotopic (exact) mass is 460 g/mol. The number of hydrogen-bond acceptors (Lipinski definition) is 4. The van der Waals surface area contributed by atoms with Crippen molar-refractivity contribution in [2.24, 2.45) is 0 Å². The van der Waals surface area contributed by atoms with Gasteiger partial charge in [0.1, 0.15) is 11.4 Å². The number of carbonyl (C=O) groups is 2. The molecule has 0 spiro atoms. The van der Waals surface area contributed by atoms with E-state index in [4.69, 9.17) is 16.3 Å². The van der Waals surface area contributed by atoms with Crippen LogP contribution in [0, 0.1) is 0 Å². The second-order valence-electron chi connectivity index (χ2n) is 8.00. The Hall–Kier alpha value is -3.57. The molecule has 1 aliphatic rings. The van der Waals surface area contributed by atoms with Crippen molar-refractivity contribution in [2.75, 3.05) is 16.8 Å². The highest BCUT2D eigenvalue weighted by atomic mass is 35.5. The zero-order chi connectivity index (χ0) is 23.5. The van der Waals surface area contributed by atoms with E-state index in [-0.39, 0.29) is 11.3 Å². The number of ether oxygens (including phenoxy) is 1. The maximum Gasteiger partial charge on any atom is 0.282 e. The summed E-state index contributed by atoms with van der Waals surface area (Å²) < 4.78 is 5.70. The van der Waals surface area contributed by atoms with Crippen LogP contribution in [-0.2, 0) is 9.59 Å². The lowest BCUT2D eigenvalue weighted by molar-refractivity contribution is -0.120. The van der Waals surface area contributed by atoms with Gasteiger partial charge in [-0.1, -0.05) is 61.8 Å². The van der Waals surface area contributed by atoms with Crippen molar-refractivity contribution < 1.29 is 14.3 Å². The van der Waals surface area contributed by atoms with Crippen LogP contribution in [0.25, 0.3) is 5.57 Å². The van der Waals surface area contributed by atoms with Gasteiger partial charge >= 0.3 is 0 Å². The Balaban J connectivity index is 1.79. The van der Waals surface area contributed by atoms with Crippen LogP contribution >= 0.6 is 11.6 Å². The van der Waals surface area contributed by atoms with Crippen LogP contribution < -0.4 is 15.0 Å². The maximum absolute atomic E-state index is 13.6. The number of amides is 2. The van der Waals surface area contributed by atoms with E-state index in [0.29, 0.717) is 40.2 Å². The van der Waals surface area contributed by atoms with Gasteiger partial charge in [-0.3, -0.25) is 9.59 Å². The maximum atomic E-state index is 13.6. The summed E-state index contributed by atoms with van der Waals surface area (Å²) in [6, 6.07) is 21.7. The van der Waals surface area contributed by atoms with Crippen molar-refractivity contribution >= 4 is 40.4 Å². The third kappa shape index (κ3) is 4.50. The number of hydrogen-bond donors (Lipinski definition) is 1. The minimum Gasteiger partial charge on any atom is -0.492 e. The third-order valence-electron chi connectivity index (χ3n) is 5.48. The molecule has 1 aliphatic heterocycles. The normalized spacial score (nSPS) is 13.8. The lowest BCUT2D eigenvalue weighted by Gasteiger charge is -2.17. The predicted molar refractivity (Wildman–Crippen MR) is 133 cm³/mol. The van der Waals surface area contributed by atoms with Crippen molar-refractivity contribution in [1.29, 1.82) is 0 Å². The molecule has 0 saturated heterocycles. The molecule has 0 aliphatic carbocycles. The van der Waals surface area contributed by atoms with Gasteiger partial charge in [0.2, 0.25) is 0 Å². The van der Waals surface area contributed by atoms with Crippen LogP contribution in [0.2, 0.25) is 5.02 Å². The standard InChI is InChI=1S/C27H25ClN2O3/c1-4-33-23-8-6-5-7-22(23)29-25-24(19-9-13-20(28)14-10-19)26(31)30(27(25)32)21-15-11-18(12-16-21)17(2)3/h5-17,29H,4H2,1-3H3. The third-order valence-corrected chi connectivity index (χ3v) is 5.73. The summed E-state index contributed by atoms with van der Waals surface area (Å²) in [7, 11) is 0. The number of rotatable bonds is 7. The van der Waals surface area contributed by atoms with Gasteiger partial charge in [-0.15, -0.1) is 0 Å². The summed E-state index contributed by atoms with van der Waals surface area (Å²) >= 11 is 6.06. The molecule has 3 aromatic rings. The van der Waals surface area contributed by atoms with Crippen molar-refractivity contribution in [2.45, 2.75) is 26.7 Å². The highest BCUT2D eigenvalue weighted by Gasteiger charge is 2.40. The van der Waals surface area contributed by atoms with E-state index in [1.807, 2.05) is 55.5 Å². The molecule has 5 nitrogen and oxygen atoms in total. The second-order valence-corrected chi connectivity index (χ2v) is 8.44. The molecule has 0 aromatic heterocycles. The minimum atomic E-state index is -0.423. The number of nitrogens with one attached hydrogen (secondary N) is 1. The molecular formula is C27H25ClN2O3. The molecule has 0 atom stereocenters. The van der Waals surface area contributed by atoms with E-state index in [1.165, 1.54) is 4.90 Å². The Labute approximate surface area is 198 Å². The molecule has 33 heavy (non-hydrogen) atoms. The SMILES string of the molecule is CCOc1ccccc1NC1=C(c2ccc(Cl)cc2)C(=O)N(c2ccc(C(C)C)cc2)C1=O. The molecule has 3 aromatic carbocycles. The van der Waals surface area contributed by atoms with Crippen LogP contribution in [0.5, 0.6) is 5.75 Å². The van der Waals surface area contributed by atoms with Crippen molar-refractivity contribution in [3.05, 3.63) is 94.6 Å². The van der Waals surface area contributed by atoms with E-state index in [2.05, 4.69) is 19.2 Å². The van der Waals surface area contributed by atoms with Crippen LogP contribution in [0.1, 0.15) is 37.8 Å². The number of carbonyl (C=O) groups excluding carboxylic acids is 2. The van der Waals surface area contributed by atoms with Crippen molar-refractivity contribution in [1.82, 2.24) is 0 Å². The van der Waals surface area contributed by atoms with E-state index in [9.17, 15) is 9.59 Å². The van der Waals surface area contributed by atoms with E-state index >= 15 is 0 Å². The van der Waals surface area contributed by atoms with Crippen molar-refractivity contribution in [3.63, 3.8) is 0 Å². The second kappa shape index (κ2) is 9.51. The molecule has 0 bridgehead atoms. The fraction of sp³-hybridized carbons (Fsp3) is 0.185. The molecule has 0 radical (unpaired) electrons.